The Labute approximate surface area is 91.4 Å². The lowest BCUT2D eigenvalue weighted by atomic mass is 9.67. The number of nitrogens with two attached hydrogens (primary N) is 1. The summed E-state index contributed by atoms with van der Waals surface area (Å²) in [5, 5.41) is 7.32. The van der Waals surface area contributed by atoms with Crippen LogP contribution >= 0.6 is 0 Å². The third kappa shape index (κ3) is 1.75. The van der Waals surface area contributed by atoms with Gasteiger partial charge in [-0.3, -0.25) is 5.10 Å². The maximum absolute atomic E-state index is 5.92. The largest absolute Gasteiger partial charge is 0.382 e. The van der Waals surface area contributed by atoms with Gasteiger partial charge in [-0.2, -0.15) is 5.10 Å². The van der Waals surface area contributed by atoms with Gasteiger partial charge in [0.25, 0.3) is 0 Å². The predicted molar refractivity (Wildman–Crippen MR) is 62.7 cm³/mol. The fourth-order valence-electron chi connectivity index (χ4n) is 2.45. The molecule has 0 unspecified atom stereocenters. The summed E-state index contributed by atoms with van der Waals surface area (Å²) in [7, 11) is 0. The number of rotatable bonds is 3. The number of aromatic nitrogens is 2. The molecule has 0 atom stereocenters. The highest BCUT2D eigenvalue weighted by Crippen LogP contribution is 2.44. The van der Waals surface area contributed by atoms with Gasteiger partial charge in [0.1, 0.15) is 5.82 Å². The first-order chi connectivity index (χ1) is 7.03. The van der Waals surface area contributed by atoms with Crippen molar-refractivity contribution in [3.05, 3.63) is 11.3 Å². The molecule has 1 aliphatic rings. The van der Waals surface area contributed by atoms with Crippen molar-refractivity contribution in [3.8, 4) is 0 Å². The van der Waals surface area contributed by atoms with Crippen LogP contribution in [0.2, 0.25) is 0 Å². The molecule has 2 rings (SSSR count). The van der Waals surface area contributed by atoms with Gasteiger partial charge in [-0.25, -0.2) is 0 Å². The molecular formula is C12H21N3. The molecule has 0 amide bonds. The lowest BCUT2D eigenvalue weighted by Crippen LogP contribution is -2.32. The normalized spacial score (nSPS) is 19.2. The third-order valence-corrected chi connectivity index (χ3v) is 3.57. The molecular weight excluding hydrogens is 186 g/mol. The topological polar surface area (TPSA) is 54.7 Å². The minimum Gasteiger partial charge on any atom is -0.382 e. The molecule has 3 heteroatoms. The van der Waals surface area contributed by atoms with Gasteiger partial charge in [-0.1, -0.05) is 27.2 Å². The highest BCUT2D eigenvalue weighted by atomic mass is 15.2. The number of hydrogen-bond acceptors (Lipinski definition) is 2. The second kappa shape index (κ2) is 3.54. The van der Waals surface area contributed by atoms with E-state index < -0.39 is 0 Å². The summed E-state index contributed by atoms with van der Waals surface area (Å²) in [4.78, 5) is 0. The summed E-state index contributed by atoms with van der Waals surface area (Å²) >= 11 is 0. The molecule has 1 aliphatic carbocycles. The van der Waals surface area contributed by atoms with E-state index in [0.717, 1.165) is 6.42 Å². The quantitative estimate of drug-likeness (QED) is 0.800. The molecule has 0 bridgehead atoms. The molecule has 0 spiro atoms. The first-order valence-corrected chi connectivity index (χ1v) is 5.86. The Morgan fingerprint density at radius 2 is 2.13 bits per heavy atom. The maximum atomic E-state index is 5.92. The van der Waals surface area contributed by atoms with Crippen LogP contribution in [-0.4, -0.2) is 10.2 Å². The standard InChI is InChI=1S/C12H21N3/c1-8(2)7-9-10(14-15-11(9)13)12(3)5-4-6-12/h8H,4-7H2,1-3H3,(H3,13,14,15). The summed E-state index contributed by atoms with van der Waals surface area (Å²) in [6, 6.07) is 0. The number of nitrogen functional groups attached to an aromatic ring is 1. The first-order valence-electron chi connectivity index (χ1n) is 5.86. The number of hydrogen-bond donors (Lipinski definition) is 2. The van der Waals surface area contributed by atoms with Gasteiger partial charge in [0.05, 0.1) is 0 Å². The Morgan fingerprint density at radius 1 is 1.47 bits per heavy atom. The van der Waals surface area contributed by atoms with Gasteiger partial charge in [0, 0.05) is 16.7 Å². The molecule has 3 N–H and O–H groups in total. The second-order valence-corrected chi connectivity index (χ2v) is 5.47. The predicted octanol–water partition coefficient (Wildman–Crippen LogP) is 2.63. The van der Waals surface area contributed by atoms with Crippen LogP contribution in [0.15, 0.2) is 0 Å². The Balaban J connectivity index is 2.31. The van der Waals surface area contributed by atoms with Crippen LogP contribution in [-0.2, 0) is 11.8 Å². The van der Waals surface area contributed by atoms with Crippen LogP contribution in [0, 0.1) is 5.92 Å². The minimum atomic E-state index is 0.314. The third-order valence-electron chi connectivity index (χ3n) is 3.57. The fourth-order valence-corrected chi connectivity index (χ4v) is 2.45. The molecule has 3 nitrogen and oxygen atoms in total. The van der Waals surface area contributed by atoms with E-state index >= 15 is 0 Å². The van der Waals surface area contributed by atoms with Crippen molar-refractivity contribution < 1.29 is 0 Å². The van der Waals surface area contributed by atoms with Crippen LogP contribution in [0.25, 0.3) is 0 Å². The molecule has 1 fully saturated rings. The average Bonchev–Trinajstić information content (AvgIpc) is 2.44. The number of H-pyrrole nitrogens is 1. The van der Waals surface area contributed by atoms with Crippen molar-refractivity contribution in [1.82, 2.24) is 10.2 Å². The van der Waals surface area contributed by atoms with Crippen molar-refractivity contribution in [3.63, 3.8) is 0 Å². The zero-order valence-corrected chi connectivity index (χ0v) is 9.93. The molecule has 0 aromatic carbocycles. The maximum Gasteiger partial charge on any atom is 0.148 e. The molecule has 15 heavy (non-hydrogen) atoms. The monoisotopic (exact) mass is 207 g/mol. The Kier molecular flexibility index (Phi) is 2.49. The Hall–Kier alpha value is -0.990. The van der Waals surface area contributed by atoms with E-state index in [1.54, 1.807) is 0 Å². The highest BCUT2D eigenvalue weighted by molar-refractivity contribution is 5.45. The summed E-state index contributed by atoms with van der Waals surface area (Å²) in [5.74, 6) is 1.33. The number of nitrogens with one attached hydrogen (secondary N) is 1. The SMILES string of the molecule is CC(C)Cc1c(N)n[nH]c1C1(C)CCC1. The number of nitrogens with zero attached hydrogens (tertiary/aromatic N) is 1. The lowest BCUT2D eigenvalue weighted by Gasteiger charge is -2.38. The Bertz CT molecular complexity index is 348. The second-order valence-electron chi connectivity index (χ2n) is 5.47. The molecule has 1 aromatic rings. The van der Waals surface area contributed by atoms with Gasteiger partial charge < -0.3 is 5.73 Å². The molecule has 1 aromatic heterocycles. The van der Waals surface area contributed by atoms with E-state index in [-0.39, 0.29) is 0 Å². The van der Waals surface area contributed by atoms with E-state index in [4.69, 9.17) is 5.73 Å². The van der Waals surface area contributed by atoms with Crippen molar-refractivity contribution >= 4 is 5.82 Å². The van der Waals surface area contributed by atoms with E-state index in [1.807, 2.05) is 0 Å². The summed E-state index contributed by atoms with van der Waals surface area (Å²) < 4.78 is 0. The van der Waals surface area contributed by atoms with Crippen LogP contribution < -0.4 is 5.73 Å². The van der Waals surface area contributed by atoms with E-state index in [1.165, 1.54) is 30.5 Å². The van der Waals surface area contributed by atoms with Crippen molar-refractivity contribution in [2.75, 3.05) is 5.73 Å². The molecule has 0 saturated heterocycles. The summed E-state index contributed by atoms with van der Waals surface area (Å²) in [6.07, 6.45) is 4.89. The molecule has 0 radical (unpaired) electrons. The molecule has 1 saturated carbocycles. The summed E-state index contributed by atoms with van der Waals surface area (Å²) in [5.41, 5.74) is 8.79. The van der Waals surface area contributed by atoms with Crippen LogP contribution in [0.5, 0.6) is 0 Å². The van der Waals surface area contributed by atoms with Crippen molar-refractivity contribution in [1.29, 1.82) is 0 Å². The average molecular weight is 207 g/mol. The van der Waals surface area contributed by atoms with Crippen LogP contribution in [0.3, 0.4) is 0 Å². The van der Waals surface area contributed by atoms with Gasteiger partial charge in [-0.05, 0) is 25.2 Å². The van der Waals surface area contributed by atoms with E-state index in [2.05, 4.69) is 31.0 Å². The minimum absolute atomic E-state index is 0.314. The smallest absolute Gasteiger partial charge is 0.148 e. The van der Waals surface area contributed by atoms with E-state index in [9.17, 15) is 0 Å². The zero-order valence-electron chi connectivity index (χ0n) is 9.93. The van der Waals surface area contributed by atoms with Gasteiger partial charge in [-0.15, -0.1) is 0 Å². The number of anilines is 1. The highest BCUT2D eigenvalue weighted by Gasteiger charge is 2.37. The molecule has 0 aliphatic heterocycles. The van der Waals surface area contributed by atoms with Gasteiger partial charge in [0.2, 0.25) is 0 Å². The van der Waals surface area contributed by atoms with Crippen LogP contribution in [0.1, 0.15) is 51.3 Å². The fraction of sp³-hybridized carbons (Fsp3) is 0.750. The van der Waals surface area contributed by atoms with Crippen molar-refractivity contribution in [2.24, 2.45) is 5.92 Å². The number of aromatic amines is 1. The van der Waals surface area contributed by atoms with Gasteiger partial charge in [0.15, 0.2) is 0 Å². The zero-order chi connectivity index (χ0) is 11.1. The molecule has 84 valence electrons. The lowest BCUT2D eigenvalue weighted by molar-refractivity contribution is 0.262. The van der Waals surface area contributed by atoms with Crippen LogP contribution in [0.4, 0.5) is 5.82 Å². The summed E-state index contributed by atoms with van der Waals surface area (Å²) in [6.45, 7) is 6.76. The Morgan fingerprint density at radius 3 is 2.60 bits per heavy atom. The van der Waals surface area contributed by atoms with Gasteiger partial charge >= 0.3 is 0 Å². The van der Waals surface area contributed by atoms with E-state index in [0.29, 0.717) is 17.2 Å². The molecule has 1 heterocycles. The van der Waals surface area contributed by atoms with Crippen molar-refractivity contribution in [2.45, 2.75) is 51.9 Å². The first kappa shape index (κ1) is 10.5.